The molecular formula is C30H52N6O5. The van der Waals surface area contributed by atoms with E-state index in [9.17, 15) is 0 Å². The molecule has 41 heavy (non-hydrogen) atoms. The average Bonchev–Trinajstić information content (AvgIpc) is 2.98. The summed E-state index contributed by atoms with van der Waals surface area (Å²) in [6.07, 6.45) is 7.29. The summed E-state index contributed by atoms with van der Waals surface area (Å²) in [4.78, 5) is 4.81. The van der Waals surface area contributed by atoms with Gasteiger partial charge in [0.25, 0.3) is 0 Å². The molecule has 0 saturated heterocycles. The highest BCUT2D eigenvalue weighted by Gasteiger charge is 2.07. The Balaban J connectivity index is 4.22. The molecule has 0 bridgehead atoms. The van der Waals surface area contributed by atoms with Gasteiger partial charge in [0.05, 0.1) is 76.4 Å². The van der Waals surface area contributed by atoms with E-state index in [0.717, 1.165) is 77.8 Å². The van der Waals surface area contributed by atoms with Crippen molar-refractivity contribution in [1.29, 1.82) is 21.0 Å². The molecule has 0 aromatic carbocycles. The molecular weight excluding hydrogens is 524 g/mol. The third-order valence-corrected chi connectivity index (χ3v) is 6.01. The molecule has 11 nitrogen and oxygen atoms in total. The van der Waals surface area contributed by atoms with E-state index in [-0.39, 0.29) is 0 Å². The molecule has 0 saturated carbocycles. The molecule has 0 fully saturated rings. The first-order valence-corrected chi connectivity index (χ1v) is 15.1. The van der Waals surface area contributed by atoms with Crippen LogP contribution in [-0.2, 0) is 23.7 Å². The number of ether oxygens (including phenoxy) is 5. The molecule has 0 aliphatic heterocycles. The zero-order chi connectivity index (χ0) is 29.9. The molecule has 0 rings (SSSR count). The van der Waals surface area contributed by atoms with Crippen LogP contribution in [0.3, 0.4) is 0 Å². The quantitative estimate of drug-likeness (QED) is 0.108. The second kappa shape index (κ2) is 33.9. The Hall–Kier alpha value is -2.32. The van der Waals surface area contributed by atoms with Crippen molar-refractivity contribution in [1.82, 2.24) is 9.80 Å². The van der Waals surface area contributed by atoms with E-state index in [2.05, 4.69) is 34.1 Å². The minimum absolute atomic E-state index is 0.425. The van der Waals surface area contributed by atoms with E-state index < -0.39 is 0 Å². The first-order chi connectivity index (χ1) is 20.3. The van der Waals surface area contributed by atoms with Gasteiger partial charge in [0, 0.05) is 78.9 Å². The van der Waals surface area contributed by atoms with Crippen LogP contribution in [0.5, 0.6) is 0 Å². The lowest BCUT2D eigenvalue weighted by molar-refractivity contribution is 0.0903. The van der Waals surface area contributed by atoms with Gasteiger partial charge in [-0.15, -0.1) is 0 Å². The van der Waals surface area contributed by atoms with Crippen LogP contribution in [-0.4, -0.2) is 115 Å². The number of nitriles is 4. The van der Waals surface area contributed by atoms with Crippen molar-refractivity contribution in [3.05, 3.63) is 0 Å². The number of hydrogen-bond acceptors (Lipinski definition) is 11. The highest BCUT2D eigenvalue weighted by Crippen LogP contribution is 2.02. The van der Waals surface area contributed by atoms with Crippen molar-refractivity contribution in [2.75, 3.05) is 105 Å². The smallest absolute Gasteiger partial charge is 0.0645 e. The number of rotatable bonds is 32. The van der Waals surface area contributed by atoms with E-state index in [0.29, 0.717) is 91.8 Å². The molecule has 0 heterocycles. The summed E-state index contributed by atoms with van der Waals surface area (Å²) in [5, 5.41) is 34.5. The van der Waals surface area contributed by atoms with Crippen LogP contribution in [0, 0.1) is 45.3 Å². The molecule has 0 aromatic heterocycles. The summed E-state index contributed by atoms with van der Waals surface area (Å²) in [6.45, 7) is 11.6. The molecule has 0 radical (unpaired) electrons. The summed E-state index contributed by atoms with van der Waals surface area (Å²) in [5.41, 5.74) is 0. The fourth-order valence-electron chi connectivity index (χ4n) is 3.99. The molecule has 0 spiro atoms. The largest absolute Gasteiger partial charge is 0.381 e. The van der Waals surface area contributed by atoms with Crippen molar-refractivity contribution in [2.45, 2.75) is 64.2 Å². The van der Waals surface area contributed by atoms with E-state index in [1.807, 2.05) is 0 Å². The summed E-state index contributed by atoms with van der Waals surface area (Å²) in [7, 11) is 0. The summed E-state index contributed by atoms with van der Waals surface area (Å²) >= 11 is 0. The number of nitrogens with zero attached hydrogens (tertiary/aromatic N) is 6. The predicted octanol–water partition coefficient (Wildman–Crippen LogP) is 3.67. The third kappa shape index (κ3) is 30.5. The summed E-state index contributed by atoms with van der Waals surface area (Å²) in [6, 6.07) is 8.37. The van der Waals surface area contributed by atoms with E-state index in [1.165, 1.54) is 0 Å². The number of hydrogen-bond donors (Lipinski definition) is 0. The van der Waals surface area contributed by atoms with Crippen LogP contribution < -0.4 is 0 Å². The van der Waals surface area contributed by atoms with Gasteiger partial charge in [-0.3, -0.25) is 0 Å². The third-order valence-electron chi connectivity index (χ3n) is 6.01. The Kier molecular flexibility index (Phi) is 32.0. The second-order valence-corrected chi connectivity index (χ2v) is 9.50. The van der Waals surface area contributed by atoms with Crippen molar-refractivity contribution >= 4 is 0 Å². The summed E-state index contributed by atoms with van der Waals surface area (Å²) < 4.78 is 28.0. The summed E-state index contributed by atoms with van der Waals surface area (Å²) in [5.74, 6) is 0. The average molecular weight is 577 g/mol. The van der Waals surface area contributed by atoms with E-state index in [4.69, 9.17) is 44.7 Å². The molecule has 0 unspecified atom stereocenters. The minimum Gasteiger partial charge on any atom is -0.381 e. The normalized spacial score (nSPS) is 10.9. The Morgan fingerprint density at radius 1 is 0.317 bits per heavy atom. The highest BCUT2D eigenvalue weighted by atomic mass is 16.5. The molecule has 0 aliphatic carbocycles. The Bertz CT molecular complexity index is 619. The van der Waals surface area contributed by atoms with Crippen molar-refractivity contribution < 1.29 is 23.7 Å². The van der Waals surface area contributed by atoms with Crippen LogP contribution in [0.2, 0.25) is 0 Å². The van der Waals surface area contributed by atoms with Crippen LogP contribution in [0.1, 0.15) is 64.2 Å². The lowest BCUT2D eigenvalue weighted by Crippen LogP contribution is -2.30. The maximum atomic E-state index is 8.61. The van der Waals surface area contributed by atoms with Gasteiger partial charge < -0.3 is 33.5 Å². The Morgan fingerprint density at radius 3 is 0.707 bits per heavy atom. The maximum absolute atomic E-state index is 8.61. The van der Waals surface area contributed by atoms with Crippen LogP contribution >= 0.6 is 0 Å². The van der Waals surface area contributed by atoms with Gasteiger partial charge in [-0.1, -0.05) is 0 Å². The lowest BCUT2D eigenvalue weighted by atomic mass is 10.3. The molecule has 0 N–H and O–H groups in total. The van der Waals surface area contributed by atoms with E-state index in [1.54, 1.807) is 0 Å². The second-order valence-electron chi connectivity index (χ2n) is 9.50. The molecule has 0 aromatic rings. The first-order valence-electron chi connectivity index (χ1n) is 15.1. The van der Waals surface area contributed by atoms with Crippen LogP contribution in [0.25, 0.3) is 0 Å². The Morgan fingerprint density at radius 2 is 0.512 bits per heavy atom. The van der Waals surface area contributed by atoms with Gasteiger partial charge in [0.2, 0.25) is 0 Å². The molecule has 0 aliphatic rings. The molecule has 0 atom stereocenters. The van der Waals surface area contributed by atoms with Crippen molar-refractivity contribution in [3.63, 3.8) is 0 Å². The van der Waals surface area contributed by atoms with Gasteiger partial charge in [-0.25, -0.2) is 0 Å². The van der Waals surface area contributed by atoms with Gasteiger partial charge >= 0.3 is 0 Å². The molecule has 232 valence electrons. The van der Waals surface area contributed by atoms with Gasteiger partial charge in [0.15, 0.2) is 0 Å². The first kappa shape index (κ1) is 38.7. The fourth-order valence-corrected chi connectivity index (χ4v) is 3.99. The lowest BCUT2D eigenvalue weighted by Gasteiger charge is -2.23. The van der Waals surface area contributed by atoms with Crippen LogP contribution in [0.15, 0.2) is 0 Å². The fraction of sp³-hybridized carbons (Fsp3) is 0.867. The molecule has 0 amide bonds. The van der Waals surface area contributed by atoms with Crippen molar-refractivity contribution in [3.8, 4) is 24.3 Å². The van der Waals surface area contributed by atoms with Crippen molar-refractivity contribution in [2.24, 2.45) is 0 Å². The van der Waals surface area contributed by atoms with Gasteiger partial charge in [-0.2, -0.15) is 21.0 Å². The predicted molar refractivity (Wildman–Crippen MR) is 156 cm³/mol. The van der Waals surface area contributed by atoms with E-state index >= 15 is 0 Å². The zero-order valence-electron chi connectivity index (χ0n) is 25.1. The Labute approximate surface area is 248 Å². The SMILES string of the molecule is N#CCCOCCCN(CCCOCCC#N)CCCOCCCN(CCCOCCC#N)CCCOCCC#N. The highest BCUT2D eigenvalue weighted by molar-refractivity contribution is 4.69. The van der Waals surface area contributed by atoms with Crippen LogP contribution in [0.4, 0.5) is 0 Å². The van der Waals surface area contributed by atoms with Gasteiger partial charge in [-0.05, 0) is 38.5 Å². The monoisotopic (exact) mass is 576 g/mol. The standard InChI is InChI=1S/C30H52N6O5/c31-11-1-21-37-25-5-15-35(16-6-26-38-22-2-12-32)19-9-29-41-30-10-20-36(17-7-27-39-23-3-13-33)18-8-28-40-24-4-14-34/h1-10,15-30H2. The maximum Gasteiger partial charge on any atom is 0.0645 e. The minimum atomic E-state index is 0.425. The molecule has 11 heteroatoms. The topological polar surface area (TPSA) is 148 Å². The van der Waals surface area contributed by atoms with Gasteiger partial charge in [0.1, 0.15) is 0 Å². The zero-order valence-corrected chi connectivity index (χ0v) is 25.1.